The number of aromatic nitrogens is 1. The van der Waals surface area contributed by atoms with E-state index in [1.54, 1.807) is 24.3 Å². The number of pyridine rings is 1. The first-order chi connectivity index (χ1) is 5.86. The topological polar surface area (TPSA) is 74.7 Å². The summed E-state index contributed by atoms with van der Waals surface area (Å²) in [6.45, 7) is 0. The van der Waals surface area contributed by atoms with E-state index < -0.39 is 0 Å². The van der Waals surface area contributed by atoms with Crippen LogP contribution in [0.4, 0.5) is 5.82 Å². The summed E-state index contributed by atoms with van der Waals surface area (Å²) in [6, 6.07) is 7.21. The maximum absolute atomic E-state index is 8.25. The van der Waals surface area contributed by atoms with E-state index in [0.29, 0.717) is 11.5 Å². The fourth-order valence-corrected chi connectivity index (χ4v) is 0.747. The van der Waals surface area contributed by atoms with E-state index in [1.807, 2.05) is 6.07 Å². The fourth-order valence-electron chi connectivity index (χ4n) is 0.747. The second-order valence-corrected chi connectivity index (χ2v) is 2.05. The molecule has 4 nitrogen and oxygen atoms in total. The van der Waals surface area contributed by atoms with Crippen molar-refractivity contribution < 1.29 is 0 Å². The minimum Gasteiger partial charge on any atom is -0.308 e. The van der Waals surface area contributed by atoms with Crippen molar-refractivity contribution in [1.29, 1.82) is 5.26 Å². The van der Waals surface area contributed by atoms with Crippen molar-refractivity contribution in [2.24, 2.45) is 5.84 Å². The molecule has 1 rings (SSSR count). The van der Waals surface area contributed by atoms with Crippen LogP contribution < -0.4 is 11.3 Å². The molecule has 1 aromatic rings. The van der Waals surface area contributed by atoms with Crippen LogP contribution in [0.1, 0.15) is 5.69 Å². The first-order valence-corrected chi connectivity index (χ1v) is 3.36. The molecular weight excluding hydrogens is 152 g/mol. The van der Waals surface area contributed by atoms with Gasteiger partial charge in [-0.15, -0.1) is 0 Å². The zero-order valence-corrected chi connectivity index (χ0v) is 6.36. The predicted molar refractivity (Wildman–Crippen MR) is 46.7 cm³/mol. The van der Waals surface area contributed by atoms with Gasteiger partial charge in [-0.1, -0.05) is 6.07 Å². The van der Waals surface area contributed by atoms with Crippen LogP contribution in [0.15, 0.2) is 24.3 Å². The molecule has 0 fully saturated rings. The van der Waals surface area contributed by atoms with Gasteiger partial charge in [-0.25, -0.2) is 10.8 Å². The molecule has 0 aromatic carbocycles. The molecule has 12 heavy (non-hydrogen) atoms. The van der Waals surface area contributed by atoms with Gasteiger partial charge in [0.1, 0.15) is 5.82 Å². The van der Waals surface area contributed by atoms with Gasteiger partial charge in [0.2, 0.25) is 0 Å². The Kier molecular flexibility index (Phi) is 2.82. The lowest BCUT2D eigenvalue weighted by Crippen LogP contribution is -2.08. The molecule has 0 aliphatic rings. The van der Waals surface area contributed by atoms with E-state index in [4.69, 9.17) is 11.1 Å². The highest BCUT2D eigenvalue weighted by Crippen LogP contribution is 2.03. The van der Waals surface area contributed by atoms with Crippen molar-refractivity contribution in [2.45, 2.75) is 0 Å². The van der Waals surface area contributed by atoms with Crippen molar-refractivity contribution in [2.75, 3.05) is 5.43 Å². The Balaban J connectivity index is 2.88. The molecule has 3 N–H and O–H groups in total. The van der Waals surface area contributed by atoms with Crippen molar-refractivity contribution in [3.63, 3.8) is 0 Å². The zero-order valence-electron chi connectivity index (χ0n) is 6.36. The second-order valence-electron chi connectivity index (χ2n) is 2.05. The maximum Gasteiger partial charge on any atom is 0.140 e. The number of nitrogens with zero attached hydrogens (tertiary/aromatic N) is 2. The molecule has 0 spiro atoms. The Morgan fingerprint density at radius 2 is 2.42 bits per heavy atom. The van der Waals surface area contributed by atoms with Crippen molar-refractivity contribution in [1.82, 2.24) is 4.98 Å². The minimum atomic E-state index is 0.579. The third-order valence-corrected chi connectivity index (χ3v) is 1.25. The van der Waals surface area contributed by atoms with Gasteiger partial charge in [0.05, 0.1) is 11.8 Å². The summed E-state index contributed by atoms with van der Waals surface area (Å²) >= 11 is 0. The molecule has 4 heteroatoms. The summed E-state index contributed by atoms with van der Waals surface area (Å²) in [7, 11) is 0. The van der Waals surface area contributed by atoms with Crippen LogP contribution in [0.25, 0.3) is 6.08 Å². The molecular formula is C8H8N4. The van der Waals surface area contributed by atoms with Gasteiger partial charge in [-0.05, 0) is 18.2 Å². The van der Waals surface area contributed by atoms with Gasteiger partial charge in [0.25, 0.3) is 0 Å². The van der Waals surface area contributed by atoms with Crippen LogP contribution in [-0.2, 0) is 0 Å². The van der Waals surface area contributed by atoms with E-state index in [-0.39, 0.29) is 0 Å². The number of nitriles is 1. The van der Waals surface area contributed by atoms with Crippen LogP contribution in [0.5, 0.6) is 0 Å². The Bertz CT molecular complexity index is 324. The maximum atomic E-state index is 8.25. The standard InChI is InChI=1S/C8H8N4/c9-6-2-4-7-3-1-5-8(11-7)12-10/h1-5H,10H2,(H,11,12). The monoisotopic (exact) mass is 160 g/mol. The van der Waals surface area contributed by atoms with E-state index >= 15 is 0 Å². The lowest BCUT2D eigenvalue weighted by atomic mass is 10.3. The number of hydrogen-bond acceptors (Lipinski definition) is 4. The van der Waals surface area contributed by atoms with Crippen LogP contribution in [-0.4, -0.2) is 4.98 Å². The Hall–Kier alpha value is -1.86. The summed E-state index contributed by atoms with van der Waals surface area (Å²) in [4.78, 5) is 4.05. The highest BCUT2D eigenvalue weighted by atomic mass is 15.2. The molecule has 1 heterocycles. The minimum absolute atomic E-state index is 0.579. The molecule has 0 bridgehead atoms. The smallest absolute Gasteiger partial charge is 0.140 e. The Morgan fingerprint density at radius 1 is 1.58 bits per heavy atom. The molecule has 1 aromatic heterocycles. The van der Waals surface area contributed by atoms with Gasteiger partial charge >= 0.3 is 0 Å². The van der Waals surface area contributed by atoms with Crippen LogP contribution >= 0.6 is 0 Å². The third-order valence-electron chi connectivity index (χ3n) is 1.25. The molecule has 0 aliphatic carbocycles. The van der Waals surface area contributed by atoms with Crippen molar-refractivity contribution >= 4 is 11.9 Å². The number of anilines is 1. The third kappa shape index (κ3) is 2.08. The number of allylic oxidation sites excluding steroid dienone is 1. The molecule has 0 radical (unpaired) electrons. The van der Waals surface area contributed by atoms with Crippen molar-refractivity contribution in [3.05, 3.63) is 30.0 Å². The number of nitrogens with one attached hydrogen (secondary N) is 1. The largest absolute Gasteiger partial charge is 0.308 e. The Morgan fingerprint density at radius 3 is 3.08 bits per heavy atom. The molecule has 60 valence electrons. The quantitative estimate of drug-likeness (QED) is 0.383. The lowest BCUT2D eigenvalue weighted by Gasteiger charge is -1.97. The molecule has 0 aliphatic heterocycles. The Labute approximate surface area is 70.3 Å². The normalized spacial score (nSPS) is 9.67. The SMILES string of the molecule is N#CC=Cc1cccc(NN)n1. The molecule has 0 unspecified atom stereocenters. The van der Waals surface area contributed by atoms with Crippen LogP contribution in [0.2, 0.25) is 0 Å². The number of nitrogens with two attached hydrogens (primary N) is 1. The van der Waals surface area contributed by atoms with E-state index in [9.17, 15) is 0 Å². The van der Waals surface area contributed by atoms with Gasteiger partial charge in [0.15, 0.2) is 0 Å². The first kappa shape index (κ1) is 8.24. The van der Waals surface area contributed by atoms with E-state index in [1.165, 1.54) is 6.08 Å². The average Bonchev–Trinajstić information content (AvgIpc) is 2.15. The van der Waals surface area contributed by atoms with Gasteiger partial charge < -0.3 is 5.43 Å². The van der Waals surface area contributed by atoms with Gasteiger partial charge in [0, 0.05) is 6.08 Å². The summed E-state index contributed by atoms with van der Waals surface area (Å²) in [5.41, 5.74) is 3.12. The number of hydrazine groups is 1. The first-order valence-electron chi connectivity index (χ1n) is 3.36. The van der Waals surface area contributed by atoms with Gasteiger partial charge in [-0.3, -0.25) is 0 Å². The van der Waals surface area contributed by atoms with E-state index in [0.717, 1.165) is 0 Å². The second kappa shape index (κ2) is 4.11. The lowest BCUT2D eigenvalue weighted by molar-refractivity contribution is 1.21. The fraction of sp³-hybridized carbons (Fsp3) is 0. The molecule has 0 saturated carbocycles. The number of hydrogen-bond donors (Lipinski definition) is 2. The highest BCUT2D eigenvalue weighted by molar-refractivity contribution is 5.50. The summed E-state index contributed by atoms with van der Waals surface area (Å²) in [6.07, 6.45) is 2.98. The zero-order chi connectivity index (χ0) is 8.81. The summed E-state index contributed by atoms with van der Waals surface area (Å²) < 4.78 is 0. The predicted octanol–water partition coefficient (Wildman–Crippen LogP) is 0.904. The van der Waals surface area contributed by atoms with Gasteiger partial charge in [-0.2, -0.15) is 5.26 Å². The van der Waals surface area contributed by atoms with Crippen LogP contribution in [0.3, 0.4) is 0 Å². The number of nitrogen functional groups attached to an aromatic ring is 1. The molecule has 0 saturated heterocycles. The van der Waals surface area contributed by atoms with Crippen molar-refractivity contribution in [3.8, 4) is 6.07 Å². The van der Waals surface area contributed by atoms with E-state index in [2.05, 4.69) is 10.4 Å². The highest BCUT2D eigenvalue weighted by Gasteiger charge is 1.90. The molecule has 0 atom stereocenters. The number of rotatable bonds is 2. The summed E-state index contributed by atoms with van der Waals surface area (Å²) in [5.74, 6) is 5.72. The summed E-state index contributed by atoms with van der Waals surface area (Å²) in [5, 5.41) is 8.25. The molecule has 0 amide bonds. The van der Waals surface area contributed by atoms with Crippen LogP contribution in [0, 0.1) is 11.3 Å². The average molecular weight is 160 g/mol.